The van der Waals surface area contributed by atoms with E-state index in [1.54, 1.807) is 44.4 Å². The van der Waals surface area contributed by atoms with Gasteiger partial charge in [-0.2, -0.15) is 0 Å². The van der Waals surface area contributed by atoms with Gasteiger partial charge in [-0.3, -0.25) is 14.5 Å². The molecule has 1 fully saturated rings. The molecule has 1 N–H and O–H groups in total. The third-order valence-electron chi connectivity index (χ3n) is 5.56. The van der Waals surface area contributed by atoms with Gasteiger partial charge in [0.05, 0.1) is 38.5 Å². The van der Waals surface area contributed by atoms with E-state index >= 15 is 0 Å². The Balaban J connectivity index is 1.53. The van der Waals surface area contributed by atoms with Crippen molar-refractivity contribution in [2.75, 3.05) is 54.1 Å². The molecule has 0 aliphatic carbocycles. The molecule has 1 heterocycles. The summed E-state index contributed by atoms with van der Waals surface area (Å²) in [5.74, 6) is 1.42. The lowest BCUT2D eigenvalue weighted by atomic mass is 10.1. The summed E-state index contributed by atoms with van der Waals surface area (Å²) in [6, 6.07) is 10.7. The van der Waals surface area contributed by atoms with Crippen LogP contribution in [0.15, 0.2) is 36.4 Å². The molecule has 0 aromatic heterocycles. The van der Waals surface area contributed by atoms with Crippen LogP contribution >= 0.6 is 11.6 Å². The van der Waals surface area contributed by atoms with Gasteiger partial charge in [-0.25, -0.2) is 0 Å². The summed E-state index contributed by atoms with van der Waals surface area (Å²) in [4.78, 5) is 29.3. The van der Waals surface area contributed by atoms with E-state index in [1.165, 1.54) is 0 Å². The zero-order valence-corrected chi connectivity index (χ0v) is 20.0. The van der Waals surface area contributed by atoms with Crippen molar-refractivity contribution in [1.82, 2.24) is 15.1 Å². The maximum Gasteiger partial charge on any atom is 0.255 e. The zero-order valence-electron chi connectivity index (χ0n) is 19.2. The van der Waals surface area contributed by atoms with E-state index in [-0.39, 0.29) is 18.4 Å². The molecule has 2 aromatic rings. The first-order valence-electron chi connectivity index (χ1n) is 10.8. The summed E-state index contributed by atoms with van der Waals surface area (Å²) in [7, 11) is 4.66. The number of hydrogen-bond acceptors (Lipinski definition) is 6. The quantitative estimate of drug-likeness (QED) is 0.632. The Morgan fingerprint density at radius 3 is 2.30 bits per heavy atom. The Bertz CT molecular complexity index is 959. The van der Waals surface area contributed by atoms with Gasteiger partial charge >= 0.3 is 0 Å². The predicted molar refractivity (Wildman–Crippen MR) is 126 cm³/mol. The Morgan fingerprint density at radius 1 is 0.970 bits per heavy atom. The molecule has 2 aromatic carbocycles. The van der Waals surface area contributed by atoms with E-state index in [9.17, 15) is 9.59 Å². The van der Waals surface area contributed by atoms with Crippen molar-refractivity contribution in [3.63, 3.8) is 0 Å². The largest absolute Gasteiger partial charge is 0.493 e. The van der Waals surface area contributed by atoms with Gasteiger partial charge in [0.15, 0.2) is 11.5 Å². The number of benzene rings is 2. The first-order chi connectivity index (χ1) is 16.0. The molecule has 1 aliphatic rings. The van der Waals surface area contributed by atoms with Gasteiger partial charge in [0.25, 0.3) is 5.91 Å². The molecule has 9 heteroatoms. The van der Waals surface area contributed by atoms with Crippen molar-refractivity contribution in [2.24, 2.45) is 0 Å². The molecule has 2 amide bonds. The Morgan fingerprint density at radius 2 is 1.67 bits per heavy atom. The second-order valence-corrected chi connectivity index (χ2v) is 8.12. The van der Waals surface area contributed by atoms with Crippen LogP contribution in [0.4, 0.5) is 0 Å². The van der Waals surface area contributed by atoms with Crippen LogP contribution in [0.5, 0.6) is 17.2 Å². The van der Waals surface area contributed by atoms with E-state index in [0.29, 0.717) is 54.0 Å². The van der Waals surface area contributed by atoms with Crippen LogP contribution in [0.25, 0.3) is 0 Å². The number of nitrogens with one attached hydrogen (secondary N) is 1. The number of halogens is 1. The number of methoxy groups -OCH3 is 3. The van der Waals surface area contributed by atoms with E-state index < -0.39 is 0 Å². The molecule has 3 rings (SSSR count). The fraction of sp³-hybridized carbons (Fsp3) is 0.417. The zero-order chi connectivity index (χ0) is 23.8. The van der Waals surface area contributed by atoms with Gasteiger partial charge in [-0.05, 0) is 36.2 Å². The van der Waals surface area contributed by atoms with Crippen molar-refractivity contribution < 1.29 is 23.8 Å². The molecule has 33 heavy (non-hydrogen) atoms. The molecule has 0 unspecified atom stereocenters. The summed E-state index contributed by atoms with van der Waals surface area (Å²) in [6.45, 7) is 3.13. The van der Waals surface area contributed by atoms with Crippen LogP contribution in [-0.2, 0) is 11.3 Å². The number of hydrogen-bond donors (Lipinski definition) is 1. The van der Waals surface area contributed by atoms with E-state index in [1.807, 2.05) is 18.2 Å². The smallest absolute Gasteiger partial charge is 0.255 e. The topological polar surface area (TPSA) is 80.3 Å². The highest BCUT2D eigenvalue weighted by Crippen LogP contribution is 2.38. The minimum atomic E-state index is -0.0883. The van der Waals surface area contributed by atoms with Crippen molar-refractivity contribution in [3.05, 3.63) is 52.5 Å². The van der Waals surface area contributed by atoms with Gasteiger partial charge in [-0.1, -0.05) is 23.7 Å². The molecule has 1 saturated heterocycles. The van der Waals surface area contributed by atoms with Gasteiger partial charge < -0.3 is 24.4 Å². The van der Waals surface area contributed by atoms with Crippen molar-refractivity contribution >= 4 is 23.4 Å². The average molecular weight is 476 g/mol. The predicted octanol–water partition coefficient (Wildman–Crippen LogP) is 2.83. The summed E-state index contributed by atoms with van der Waals surface area (Å²) in [5.41, 5.74) is 1.35. The first kappa shape index (κ1) is 24.7. The second kappa shape index (κ2) is 11.8. The van der Waals surface area contributed by atoms with Gasteiger partial charge in [-0.15, -0.1) is 0 Å². The van der Waals surface area contributed by atoms with Crippen LogP contribution < -0.4 is 19.5 Å². The fourth-order valence-corrected chi connectivity index (χ4v) is 4.05. The lowest BCUT2D eigenvalue weighted by molar-refractivity contribution is -0.122. The van der Waals surface area contributed by atoms with Crippen LogP contribution in [-0.4, -0.2) is 75.7 Å². The lowest BCUT2D eigenvalue weighted by Gasteiger charge is -2.22. The lowest BCUT2D eigenvalue weighted by Crippen LogP contribution is -2.40. The van der Waals surface area contributed by atoms with Crippen molar-refractivity contribution in [2.45, 2.75) is 13.0 Å². The molecule has 0 atom stereocenters. The standard InChI is InChI=1S/C24H30ClN3O5/c1-31-20-13-17(14-21(32-2)23(20)33-3)15-26-22(29)16-27-9-6-10-28(12-11-27)24(30)18-7-4-5-8-19(18)25/h4-5,7-8,13-14H,6,9-12,15-16H2,1-3H3,(H,26,29). The maximum atomic E-state index is 12.8. The summed E-state index contributed by atoms with van der Waals surface area (Å²) in [6.07, 6.45) is 0.788. The summed E-state index contributed by atoms with van der Waals surface area (Å²) < 4.78 is 16.1. The van der Waals surface area contributed by atoms with Crippen LogP contribution in [0.1, 0.15) is 22.3 Å². The average Bonchev–Trinajstić information content (AvgIpc) is 3.07. The number of nitrogens with zero attached hydrogens (tertiary/aromatic N) is 2. The maximum absolute atomic E-state index is 12.8. The molecular formula is C24H30ClN3O5. The Kier molecular flexibility index (Phi) is 8.79. The van der Waals surface area contributed by atoms with E-state index in [0.717, 1.165) is 18.5 Å². The van der Waals surface area contributed by atoms with Gasteiger partial charge in [0.1, 0.15) is 0 Å². The third kappa shape index (κ3) is 6.30. The highest BCUT2D eigenvalue weighted by molar-refractivity contribution is 6.33. The molecule has 0 saturated carbocycles. The highest BCUT2D eigenvalue weighted by Gasteiger charge is 2.23. The van der Waals surface area contributed by atoms with Gasteiger partial charge in [0, 0.05) is 32.7 Å². The molecule has 0 spiro atoms. The van der Waals surface area contributed by atoms with Gasteiger partial charge in [0.2, 0.25) is 11.7 Å². The van der Waals surface area contributed by atoms with Crippen molar-refractivity contribution in [3.8, 4) is 17.2 Å². The minimum absolute atomic E-state index is 0.0747. The summed E-state index contributed by atoms with van der Waals surface area (Å²) >= 11 is 6.18. The first-order valence-corrected chi connectivity index (χ1v) is 11.2. The monoisotopic (exact) mass is 475 g/mol. The normalized spacial score (nSPS) is 14.4. The molecule has 178 valence electrons. The summed E-state index contributed by atoms with van der Waals surface area (Å²) in [5, 5.41) is 3.40. The fourth-order valence-electron chi connectivity index (χ4n) is 3.83. The Hall–Kier alpha value is -2.97. The van der Waals surface area contributed by atoms with Crippen LogP contribution in [0.2, 0.25) is 5.02 Å². The molecule has 8 nitrogen and oxygen atoms in total. The van der Waals surface area contributed by atoms with E-state index in [4.69, 9.17) is 25.8 Å². The second-order valence-electron chi connectivity index (χ2n) is 7.71. The SMILES string of the molecule is COc1cc(CNC(=O)CN2CCCN(C(=O)c3ccccc3Cl)CC2)cc(OC)c1OC. The van der Waals surface area contributed by atoms with Crippen molar-refractivity contribution in [1.29, 1.82) is 0 Å². The Labute approximate surface area is 199 Å². The van der Waals surface area contributed by atoms with E-state index in [2.05, 4.69) is 10.2 Å². The number of carbonyl (C=O) groups excluding carboxylic acids is 2. The molecule has 0 bridgehead atoms. The molecular weight excluding hydrogens is 446 g/mol. The minimum Gasteiger partial charge on any atom is -0.493 e. The number of carbonyl (C=O) groups is 2. The number of rotatable bonds is 8. The molecule has 1 aliphatic heterocycles. The number of amides is 2. The number of ether oxygens (including phenoxy) is 3. The van der Waals surface area contributed by atoms with Crippen LogP contribution in [0, 0.1) is 0 Å². The van der Waals surface area contributed by atoms with Crippen LogP contribution in [0.3, 0.4) is 0 Å². The molecule has 0 radical (unpaired) electrons. The highest BCUT2D eigenvalue weighted by atomic mass is 35.5. The third-order valence-corrected chi connectivity index (χ3v) is 5.89.